The van der Waals surface area contributed by atoms with Crippen molar-refractivity contribution in [3.63, 3.8) is 0 Å². The lowest BCUT2D eigenvalue weighted by Crippen LogP contribution is -2.50. The second-order valence-electron chi connectivity index (χ2n) is 10.7. The third-order valence-electron chi connectivity index (χ3n) is 8.00. The highest BCUT2D eigenvalue weighted by Gasteiger charge is 2.39. The average Bonchev–Trinajstić information content (AvgIpc) is 3.73. The van der Waals surface area contributed by atoms with Crippen molar-refractivity contribution in [1.82, 2.24) is 15.1 Å². The first-order valence-electron chi connectivity index (χ1n) is 13.3. The molecule has 38 heavy (non-hydrogen) atoms. The number of hydrogen-bond donors (Lipinski definition) is 2. The molecule has 1 aliphatic carbocycles. The highest BCUT2D eigenvalue weighted by atomic mass is 35.5. The van der Waals surface area contributed by atoms with E-state index in [1.54, 1.807) is 43.3 Å². The van der Waals surface area contributed by atoms with E-state index in [1.807, 2.05) is 13.0 Å². The van der Waals surface area contributed by atoms with Crippen molar-refractivity contribution < 1.29 is 14.7 Å². The molecule has 4 rings (SSSR count). The molecule has 2 amide bonds. The molecule has 2 aromatic carbocycles. The SMILES string of the molecule is CC(=O)N(C1CC1)C1CCN(CCC(C)(C(=O)NC(CO)c2ccc(Cl)cc2)c2ccc(Cl)c(Cl)c2)CC1. The molecule has 2 N–H and O–H groups in total. The van der Waals surface area contributed by atoms with E-state index in [2.05, 4.69) is 15.1 Å². The van der Waals surface area contributed by atoms with Crippen LogP contribution in [0.2, 0.25) is 15.1 Å². The number of amides is 2. The second kappa shape index (κ2) is 12.6. The van der Waals surface area contributed by atoms with Gasteiger partial charge in [0.05, 0.1) is 28.1 Å². The van der Waals surface area contributed by atoms with Crippen LogP contribution in [-0.2, 0) is 15.0 Å². The fourth-order valence-corrected chi connectivity index (χ4v) is 5.87. The van der Waals surface area contributed by atoms with Gasteiger partial charge in [-0.3, -0.25) is 9.59 Å². The van der Waals surface area contributed by atoms with E-state index >= 15 is 0 Å². The van der Waals surface area contributed by atoms with Crippen molar-refractivity contribution in [2.24, 2.45) is 0 Å². The van der Waals surface area contributed by atoms with E-state index in [-0.39, 0.29) is 18.4 Å². The minimum Gasteiger partial charge on any atom is -0.394 e. The highest BCUT2D eigenvalue weighted by molar-refractivity contribution is 6.42. The van der Waals surface area contributed by atoms with Crippen molar-refractivity contribution >= 4 is 46.6 Å². The van der Waals surface area contributed by atoms with E-state index < -0.39 is 11.5 Å². The summed E-state index contributed by atoms with van der Waals surface area (Å²) in [6.07, 6.45) is 4.66. The summed E-state index contributed by atoms with van der Waals surface area (Å²) in [4.78, 5) is 30.5. The molecular formula is C29H36Cl3N3O3. The lowest BCUT2D eigenvalue weighted by atomic mass is 9.78. The Morgan fingerprint density at radius 3 is 2.21 bits per heavy atom. The van der Waals surface area contributed by atoms with Gasteiger partial charge in [-0.25, -0.2) is 0 Å². The fourth-order valence-electron chi connectivity index (χ4n) is 5.44. The van der Waals surface area contributed by atoms with E-state index in [9.17, 15) is 14.7 Å². The minimum absolute atomic E-state index is 0.175. The monoisotopic (exact) mass is 579 g/mol. The Morgan fingerprint density at radius 2 is 1.66 bits per heavy atom. The molecule has 1 heterocycles. The molecule has 2 fully saturated rings. The highest BCUT2D eigenvalue weighted by Crippen LogP contribution is 2.35. The first-order chi connectivity index (χ1) is 18.1. The van der Waals surface area contributed by atoms with Gasteiger partial charge in [0.2, 0.25) is 11.8 Å². The van der Waals surface area contributed by atoms with Gasteiger partial charge in [0.25, 0.3) is 0 Å². The number of nitrogens with one attached hydrogen (secondary N) is 1. The Balaban J connectivity index is 1.47. The number of carbonyl (C=O) groups excluding carboxylic acids is 2. The number of nitrogens with zero attached hydrogens (tertiary/aromatic N) is 2. The number of piperidine rings is 1. The van der Waals surface area contributed by atoms with Gasteiger partial charge in [-0.05, 0) is 81.0 Å². The minimum atomic E-state index is -0.912. The average molecular weight is 581 g/mol. The lowest BCUT2D eigenvalue weighted by Gasteiger charge is -2.40. The summed E-state index contributed by atoms with van der Waals surface area (Å²) in [5.41, 5.74) is 0.628. The number of carbonyl (C=O) groups is 2. The number of aliphatic hydroxyl groups is 1. The van der Waals surface area contributed by atoms with Crippen molar-refractivity contribution in [3.8, 4) is 0 Å². The van der Waals surface area contributed by atoms with Crippen LogP contribution < -0.4 is 5.32 Å². The Kier molecular flexibility index (Phi) is 9.64. The second-order valence-corrected chi connectivity index (χ2v) is 12.0. The molecular weight excluding hydrogens is 545 g/mol. The summed E-state index contributed by atoms with van der Waals surface area (Å²) in [5.74, 6) is -0.0230. The van der Waals surface area contributed by atoms with Crippen molar-refractivity contribution in [2.45, 2.75) is 69.5 Å². The van der Waals surface area contributed by atoms with Crippen molar-refractivity contribution in [1.29, 1.82) is 0 Å². The number of likely N-dealkylation sites (tertiary alicyclic amines) is 1. The molecule has 0 bridgehead atoms. The van der Waals surface area contributed by atoms with Crippen LogP contribution in [0.4, 0.5) is 0 Å². The van der Waals surface area contributed by atoms with Gasteiger partial charge in [-0.1, -0.05) is 53.0 Å². The zero-order chi connectivity index (χ0) is 27.4. The first kappa shape index (κ1) is 29.2. The molecule has 1 saturated heterocycles. The molecule has 2 atom stereocenters. The van der Waals surface area contributed by atoms with Gasteiger partial charge in [0, 0.05) is 37.1 Å². The van der Waals surface area contributed by atoms with Crippen LogP contribution in [0, 0.1) is 0 Å². The van der Waals surface area contributed by atoms with Gasteiger partial charge in [-0.15, -0.1) is 0 Å². The Hall–Kier alpha value is -1.83. The molecule has 0 spiro atoms. The Morgan fingerprint density at radius 1 is 1.03 bits per heavy atom. The number of halogens is 3. The smallest absolute Gasteiger partial charge is 0.230 e. The van der Waals surface area contributed by atoms with E-state index in [1.165, 1.54) is 0 Å². The van der Waals surface area contributed by atoms with E-state index in [4.69, 9.17) is 34.8 Å². The van der Waals surface area contributed by atoms with Crippen LogP contribution in [-0.4, -0.2) is 65.0 Å². The maximum atomic E-state index is 13.9. The molecule has 206 valence electrons. The van der Waals surface area contributed by atoms with E-state index in [0.29, 0.717) is 40.1 Å². The zero-order valence-electron chi connectivity index (χ0n) is 21.9. The molecule has 1 saturated carbocycles. The predicted molar refractivity (Wildman–Crippen MR) is 153 cm³/mol. The molecule has 0 radical (unpaired) electrons. The van der Waals surface area contributed by atoms with Crippen LogP contribution in [0.5, 0.6) is 0 Å². The molecule has 1 aliphatic heterocycles. The molecule has 9 heteroatoms. The van der Waals surface area contributed by atoms with Gasteiger partial charge >= 0.3 is 0 Å². The third kappa shape index (κ3) is 6.83. The quantitative estimate of drug-likeness (QED) is 0.383. The van der Waals surface area contributed by atoms with Gasteiger partial charge in [-0.2, -0.15) is 0 Å². The molecule has 2 unspecified atom stereocenters. The maximum Gasteiger partial charge on any atom is 0.230 e. The fraction of sp³-hybridized carbons (Fsp3) is 0.517. The largest absolute Gasteiger partial charge is 0.394 e. The van der Waals surface area contributed by atoms with Crippen molar-refractivity contribution in [3.05, 3.63) is 68.7 Å². The number of aliphatic hydroxyl groups excluding tert-OH is 1. The van der Waals surface area contributed by atoms with E-state index in [0.717, 1.165) is 49.9 Å². The Bertz CT molecular complexity index is 1130. The molecule has 2 aliphatic rings. The summed E-state index contributed by atoms with van der Waals surface area (Å²) in [6, 6.07) is 12.5. The number of rotatable bonds is 10. The van der Waals surface area contributed by atoms with Gasteiger partial charge in [0.1, 0.15) is 0 Å². The van der Waals surface area contributed by atoms with Crippen LogP contribution in [0.1, 0.15) is 63.1 Å². The number of hydrogen-bond acceptors (Lipinski definition) is 4. The van der Waals surface area contributed by atoms with Gasteiger partial charge < -0.3 is 20.2 Å². The predicted octanol–water partition coefficient (Wildman–Crippen LogP) is 5.62. The summed E-state index contributed by atoms with van der Waals surface area (Å²) < 4.78 is 0. The third-order valence-corrected chi connectivity index (χ3v) is 8.99. The standard InChI is InChI=1S/C29H36Cl3N3O3/c1-19(37)35(23-8-9-23)24-11-14-34(15-12-24)16-13-29(2,21-5-10-25(31)26(32)17-21)28(38)33-27(18-36)20-3-6-22(30)7-4-20/h3-7,10,17,23-24,27,36H,8-9,11-16,18H2,1-2H3,(H,33,38). The van der Waals surface area contributed by atoms with Crippen LogP contribution in [0.3, 0.4) is 0 Å². The topological polar surface area (TPSA) is 72.9 Å². The van der Waals surface area contributed by atoms with Crippen LogP contribution in [0.15, 0.2) is 42.5 Å². The lowest BCUT2D eigenvalue weighted by molar-refractivity contribution is -0.133. The summed E-state index contributed by atoms with van der Waals surface area (Å²) in [7, 11) is 0. The summed E-state index contributed by atoms with van der Waals surface area (Å²) >= 11 is 18.6. The zero-order valence-corrected chi connectivity index (χ0v) is 24.2. The molecule has 6 nitrogen and oxygen atoms in total. The summed E-state index contributed by atoms with van der Waals surface area (Å²) in [6.45, 7) is 5.82. The molecule has 0 aromatic heterocycles. The van der Waals surface area contributed by atoms with Crippen molar-refractivity contribution in [2.75, 3.05) is 26.2 Å². The Labute approximate surface area is 240 Å². The number of benzene rings is 2. The van der Waals surface area contributed by atoms with Crippen LogP contribution >= 0.6 is 34.8 Å². The normalized spacial score (nSPS) is 19.0. The summed E-state index contributed by atoms with van der Waals surface area (Å²) in [5, 5.41) is 14.5. The molecule has 2 aromatic rings. The van der Waals surface area contributed by atoms with Crippen LogP contribution in [0.25, 0.3) is 0 Å². The van der Waals surface area contributed by atoms with Gasteiger partial charge in [0.15, 0.2) is 0 Å². The first-order valence-corrected chi connectivity index (χ1v) is 14.4. The maximum absolute atomic E-state index is 13.9.